The Hall–Kier alpha value is -1.23. The number of aromatic nitrogens is 2. The highest BCUT2D eigenvalue weighted by atomic mass is 19.1. The van der Waals surface area contributed by atoms with Crippen molar-refractivity contribution in [2.45, 2.75) is 37.9 Å². The third-order valence-corrected chi connectivity index (χ3v) is 3.46. The van der Waals surface area contributed by atoms with Gasteiger partial charge < -0.3 is 10.1 Å². The van der Waals surface area contributed by atoms with Crippen molar-refractivity contribution < 1.29 is 9.13 Å². The molecule has 1 aliphatic carbocycles. The van der Waals surface area contributed by atoms with Crippen molar-refractivity contribution >= 4 is 5.82 Å². The third kappa shape index (κ3) is 2.11. The van der Waals surface area contributed by atoms with Crippen LogP contribution >= 0.6 is 0 Å². The van der Waals surface area contributed by atoms with E-state index in [4.69, 9.17) is 4.74 Å². The topological polar surface area (TPSA) is 47.0 Å². The van der Waals surface area contributed by atoms with E-state index in [-0.39, 0.29) is 12.6 Å². The largest absolute Gasteiger partial charge is 0.376 e. The molecule has 0 saturated carbocycles. The first kappa shape index (κ1) is 10.9. The molecule has 2 unspecified atom stereocenters. The van der Waals surface area contributed by atoms with Crippen LogP contribution in [0, 0.1) is 0 Å². The van der Waals surface area contributed by atoms with E-state index in [0.29, 0.717) is 6.61 Å². The Labute approximate surface area is 99.6 Å². The Bertz CT molecular complexity index is 413. The fourth-order valence-electron chi connectivity index (χ4n) is 2.48. The zero-order chi connectivity index (χ0) is 11.7. The van der Waals surface area contributed by atoms with Crippen molar-refractivity contribution in [1.82, 2.24) is 9.97 Å². The molecule has 1 aliphatic heterocycles. The summed E-state index contributed by atoms with van der Waals surface area (Å²) in [5.74, 6) is 0.799. The molecule has 0 bridgehead atoms. The van der Waals surface area contributed by atoms with Crippen molar-refractivity contribution in [3.05, 3.63) is 17.6 Å². The van der Waals surface area contributed by atoms with Crippen LogP contribution < -0.4 is 5.32 Å². The Morgan fingerprint density at radius 2 is 2.12 bits per heavy atom. The van der Waals surface area contributed by atoms with E-state index < -0.39 is 6.17 Å². The van der Waals surface area contributed by atoms with Gasteiger partial charge in [-0.2, -0.15) is 0 Å². The van der Waals surface area contributed by atoms with E-state index in [9.17, 15) is 4.39 Å². The molecule has 2 atom stereocenters. The molecule has 1 aromatic heterocycles. The number of ether oxygens (including phenoxy) is 1. The fourth-order valence-corrected chi connectivity index (χ4v) is 2.48. The number of halogens is 1. The fraction of sp³-hybridized carbons (Fsp3) is 0.667. The van der Waals surface area contributed by atoms with Gasteiger partial charge in [0.05, 0.1) is 19.3 Å². The summed E-state index contributed by atoms with van der Waals surface area (Å²) in [6.07, 6.45) is 4.96. The smallest absolute Gasteiger partial charge is 0.146 e. The molecule has 0 aromatic carbocycles. The number of hydrogen-bond donors (Lipinski definition) is 1. The number of fused-ring (bicyclic) bond motifs is 1. The molecule has 2 heterocycles. The molecule has 0 radical (unpaired) electrons. The molecule has 17 heavy (non-hydrogen) atoms. The number of anilines is 1. The first-order valence-electron chi connectivity index (χ1n) is 6.15. The highest BCUT2D eigenvalue weighted by molar-refractivity contribution is 5.48. The Kier molecular flexibility index (Phi) is 2.93. The predicted octanol–water partition coefficient (Wildman–Crippen LogP) is 1.50. The van der Waals surface area contributed by atoms with E-state index in [2.05, 4.69) is 15.3 Å². The summed E-state index contributed by atoms with van der Waals surface area (Å²) in [4.78, 5) is 8.54. The average Bonchev–Trinajstić information content (AvgIpc) is 2.76. The number of rotatable bonds is 2. The second-order valence-electron chi connectivity index (χ2n) is 4.66. The van der Waals surface area contributed by atoms with E-state index >= 15 is 0 Å². The van der Waals surface area contributed by atoms with Crippen molar-refractivity contribution in [2.24, 2.45) is 0 Å². The second kappa shape index (κ2) is 4.56. The molecule has 5 heteroatoms. The van der Waals surface area contributed by atoms with Crippen LogP contribution in [0.5, 0.6) is 0 Å². The van der Waals surface area contributed by atoms with Crippen molar-refractivity contribution in [3.8, 4) is 0 Å². The maximum absolute atomic E-state index is 13.5. The summed E-state index contributed by atoms with van der Waals surface area (Å²) in [7, 11) is 0. The molecule has 1 N–H and O–H groups in total. The summed E-state index contributed by atoms with van der Waals surface area (Å²) in [5.41, 5.74) is 2.28. The summed E-state index contributed by atoms with van der Waals surface area (Å²) < 4.78 is 18.6. The van der Waals surface area contributed by atoms with Crippen LogP contribution in [0.1, 0.15) is 24.1 Å². The lowest BCUT2D eigenvalue weighted by Gasteiger charge is -2.20. The third-order valence-electron chi connectivity index (χ3n) is 3.46. The minimum Gasteiger partial charge on any atom is -0.376 e. The van der Waals surface area contributed by atoms with Crippen LogP contribution in [0.3, 0.4) is 0 Å². The van der Waals surface area contributed by atoms with Crippen molar-refractivity contribution in [1.29, 1.82) is 0 Å². The van der Waals surface area contributed by atoms with Gasteiger partial charge in [0.2, 0.25) is 0 Å². The first-order chi connectivity index (χ1) is 8.34. The molecule has 92 valence electrons. The summed E-state index contributed by atoms with van der Waals surface area (Å²) in [6, 6.07) is -0.268. The summed E-state index contributed by atoms with van der Waals surface area (Å²) >= 11 is 0. The molecule has 0 amide bonds. The van der Waals surface area contributed by atoms with Crippen molar-refractivity contribution in [3.63, 3.8) is 0 Å². The number of nitrogens with one attached hydrogen (secondary N) is 1. The molecule has 2 aliphatic rings. The van der Waals surface area contributed by atoms with Crippen LogP contribution in [0.15, 0.2) is 6.33 Å². The maximum Gasteiger partial charge on any atom is 0.146 e. The lowest BCUT2D eigenvalue weighted by molar-refractivity contribution is 0.173. The predicted molar refractivity (Wildman–Crippen MR) is 61.8 cm³/mol. The lowest BCUT2D eigenvalue weighted by atomic mass is 9.96. The Morgan fingerprint density at radius 1 is 1.24 bits per heavy atom. The van der Waals surface area contributed by atoms with Crippen LogP contribution in [0.25, 0.3) is 0 Å². The summed E-state index contributed by atoms with van der Waals surface area (Å²) in [5, 5.41) is 3.17. The molecular formula is C12H16FN3O. The van der Waals surface area contributed by atoms with Gasteiger partial charge in [-0.3, -0.25) is 0 Å². The molecule has 1 aromatic rings. The maximum atomic E-state index is 13.5. The van der Waals surface area contributed by atoms with Gasteiger partial charge in [-0.05, 0) is 25.7 Å². The number of nitrogens with zero attached hydrogens (tertiary/aromatic N) is 2. The minimum atomic E-state index is -0.941. The zero-order valence-corrected chi connectivity index (χ0v) is 9.66. The van der Waals surface area contributed by atoms with Gasteiger partial charge in [0, 0.05) is 11.3 Å². The lowest BCUT2D eigenvalue weighted by Crippen LogP contribution is -2.30. The van der Waals surface area contributed by atoms with Crippen LogP contribution in [-0.4, -0.2) is 35.4 Å². The quantitative estimate of drug-likeness (QED) is 0.847. The first-order valence-corrected chi connectivity index (χ1v) is 6.15. The highest BCUT2D eigenvalue weighted by Gasteiger charge is 2.29. The molecule has 1 fully saturated rings. The average molecular weight is 237 g/mol. The number of alkyl halides is 1. The van der Waals surface area contributed by atoms with Gasteiger partial charge in [-0.15, -0.1) is 0 Å². The zero-order valence-electron chi connectivity index (χ0n) is 9.66. The normalized spacial score (nSPS) is 27.8. The highest BCUT2D eigenvalue weighted by Crippen LogP contribution is 2.26. The van der Waals surface area contributed by atoms with Crippen LogP contribution in [0.2, 0.25) is 0 Å². The van der Waals surface area contributed by atoms with E-state index in [0.717, 1.165) is 36.3 Å². The van der Waals surface area contributed by atoms with E-state index in [1.807, 2.05) is 0 Å². The minimum absolute atomic E-state index is 0.185. The molecule has 3 rings (SSSR count). The van der Waals surface area contributed by atoms with Gasteiger partial charge in [-0.1, -0.05) is 0 Å². The molecule has 4 nitrogen and oxygen atoms in total. The van der Waals surface area contributed by atoms with E-state index in [1.165, 1.54) is 6.42 Å². The SMILES string of the molecule is FC1COCC1Nc1ncnc2c1CCCC2. The molecule has 1 saturated heterocycles. The van der Waals surface area contributed by atoms with E-state index in [1.54, 1.807) is 6.33 Å². The van der Waals surface area contributed by atoms with Gasteiger partial charge in [-0.25, -0.2) is 14.4 Å². The Balaban J connectivity index is 1.82. The van der Waals surface area contributed by atoms with Gasteiger partial charge >= 0.3 is 0 Å². The number of aryl methyl sites for hydroxylation is 1. The van der Waals surface area contributed by atoms with Gasteiger partial charge in [0.1, 0.15) is 18.3 Å². The van der Waals surface area contributed by atoms with Gasteiger partial charge in [0.15, 0.2) is 0 Å². The summed E-state index contributed by atoms with van der Waals surface area (Å²) in [6.45, 7) is 0.602. The molecular weight excluding hydrogens is 221 g/mol. The standard InChI is InChI=1S/C12H16FN3O/c13-9-5-17-6-11(9)16-12-8-3-1-2-4-10(8)14-7-15-12/h7,9,11H,1-6H2,(H,14,15,16). The van der Waals surface area contributed by atoms with Crippen molar-refractivity contribution in [2.75, 3.05) is 18.5 Å². The Morgan fingerprint density at radius 3 is 2.94 bits per heavy atom. The monoisotopic (exact) mass is 237 g/mol. The van der Waals surface area contributed by atoms with Gasteiger partial charge in [0.25, 0.3) is 0 Å². The second-order valence-corrected chi connectivity index (χ2v) is 4.66. The number of hydrogen-bond acceptors (Lipinski definition) is 4. The molecule has 0 spiro atoms. The van der Waals surface area contributed by atoms with Crippen LogP contribution in [0.4, 0.5) is 10.2 Å². The van der Waals surface area contributed by atoms with Crippen LogP contribution in [-0.2, 0) is 17.6 Å².